The van der Waals surface area contributed by atoms with Crippen LogP contribution in [0.2, 0.25) is 0 Å². The van der Waals surface area contributed by atoms with E-state index >= 15 is 0 Å². The van der Waals surface area contributed by atoms with E-state index in [1.807, 2.05) is 0 Å². The molecule has 0 aromatic carbocycles. The van der Waals surface area contributed by atoms with Crippen molar-refractivity contribution in [3.63, 3.8) is 0 Å². The van der Waals surface area contributed by atoms with Gasteiger partial charge in [0.1, 0.15) is 12.2 Å². The Kier molecular flexibility index (Phi) is 4.07. The zero-order chi connectivity index (χ0) is 16.8. The summed E-state index contributed by atoms with van der Waals surface area (Å²) >= 11 is 0. The minimum atomic E-state index is -1.20. The van der Waals surface area contributed by atoms with Crippen molar-refractivity contribution >= 4 is 17.7 Å². The Balaban J connectivity index is 1.87. The van der Waals surface area contributed by atoms with Crippen molar-refractivity contribution in [2.45, 2.75) is 58.2 Å². The fourth-order valence-electron chi connectivity index (χ4n) is 4.84. The predicted octanol–water partition coefficient (Wildman–Crippen LogP) is 2.78. The van der Waals surface area contributed by atoms with Crippen molar-refractivity contribution in [2.24, 2.45) is 23.7 Å². The number of hydrogen-bond acceptors (Lipinski definition) is 5. The number of carbonyl (C=O) groups excluding carboxylic acids is 3. The Morgan fingerprint density at radius 1 is 0.957 bits per heavy atom. The minimum absolute atomic E-state index is 0.0398. The van der Waals surface area contributed by atoms with Crippen LogP contribution >= 0.6 is 0 Å². The Bertz CT molecular complexity index is 534. The molecule has 5 heteroatoms. The molecule has 0 spiro atoms. The smallest absolute Gasteiger partial charge is 0.336 e. The monoisotopic (exact) mass is 320 g/mol. The van der Waals surface area contributed by atoms with Crippen LogP contribution in [-0.4, -0.2) is 23.5 Å². The van der Waals surface area contributed by atoms with Gasteiger partial charge in [-0.25, -0.2) is 4.79 Å². The molecule has 0 aromatic heterocycles. The lowest BCUT2D eigenvalue weighted by Gasteiger charge is -2.58. The third-order valence-electron chi connectivity index (χ3n) is 5.54. The molecule has 0 unspecified atom stereocenters. The Morgan fingerprint density at radius 3 is 1.91 bits per heavy atom. The highest BCUT2D eigenvalue weighted by atomic mass is 16.7. The summed E-state index contributed by atoms with van der Waals surface area (Å²) in [5.74, 6) is -1.21. The van der Waals surface area contributed by atoms with Crippen molar-refractivity contribution in [2.75, 3.05) is 0 Å². The lowest BCUT2D eigenvalue weighted by molar-refractivity contribution is -0.307. The molecule has 0 radical (unpaired) electrons. The molecule has 4 rings (SSSR count). The lowest BCUT2D eigenvalue weighted by Crippen LogP contribution is -2.61. The Labute approximate surface area is 136 Å². The summed E-state index contributed by atoms with van der Waals surface area (Å²) in [7, 11) is 0. The Hall–Kier alpha value is -1.65. The lowest BCUT2D eigenvalue weighted by atomic mass is 9.53. The number of rotatable bonds is 5. The van der Waals surface area contributed by atoms with Crippen LogP contribution in [0, 0.1) is 23.7 Å². The molecular formula is C18H24O5. The molecule has 0 aromatic rings. The van der Waals surface area contributed by atoms with Gasteiger partial charge in [-0.3, -0.25) is 9.59 Å². The van der Waals surface area contributed by atoms with E-state index in [-0.39, 0.29) is 24.0 Å². The van der Waals surface area contributed by atoms with E-state index < -0.39 is 17.7 Å². The van der Waals surface area contributed by atoms with Crippen LogP contribution in [-0.2, 0) is 23.9 Å². The number of Topliss-reactive ketones (excluding diaryl/α,β-unsaturated/α-hetero) is 1. The summed E-state index contributed by atoms with van der Waals surface area (Å²) < 4.78 is 11.4. The Morgan fingerprint density at radius 2 is 1.48 bits per heavy atom. The SMILES string of the molecule is C=C(C)C(=O)OC1(OC(=O)CC(C)=O)C2CC3CC(C2)CC1C3. The van der Waals surface area contributed by atoms with Gasteiger partial charge in [-0.2, -0.15) is 0 Å². The van der Waals surface area contributed by atoms with Crippen LogP contribution in [0.15, 0.2) is 12.2 Å². The molecule has 4 fully saturated rings. The number of carbonyl (C=O) groups is 3. The van der Waals surface area contributed by atoms with Crippen LogP contribution in [0.25, 0.3) is 0 Å². The van der Waals surface area contributed by atoms with Gasteiger partial charge in [-0.05, 0) is 57.8 Å². The fraction of sp³-hybridized carbons (Fsp3) is 0.722. The molecule has 126 valence electrons. The van der Waals surface area contributed by atoms with E-state index in [4.69, 9.17) is 9.47 Å². The molecule has 5 nitrogen and oxygen atoms in total. The maximum absolute atomic E-state index is 12.2. The van der Waals surface area contributed by atoms with Gasteiger partial charge in [0.05, 0.1) is 0 Å². The summed E-state index contributed by atoms with van der Waals surface area (Å²) in [6, 6.07) is 0. The normalized spacial score (nSPS) is 37.3. The average Bonchev–Trinajstić information content (AvgIpc) is 2.42. The standard InChI is InChI=1S/C18H24O5/c1-10(2)17(21)23-18(22-16(20)4-11(3)19)14-6-12-5-13(8-14)9-15(18)7-12/h12-15H,1,4-9H2,2-3H3. The summed E-state index contributed by atoms with van der Waals surface area (Å²) in [5, 5.41) is 0. The quantitative estimate of drug-likeness (QED) is 0.337. The maximum atomic E-state index is 12.2. The molecule has 0 heterocycles. The zero-order valence-electron chi connectivity index (χ0n) is 13.8. The molecular weight excluding hydrogens is 296 g/mol. The zero-order valence-corrected chi connectivity index (χ0v) is 13.8. The number of ketones is 1. The molecule has 4 bridgehead atoms. The highest BCUT2D eigenvalue weighted by Gasteiger charge is 2.62. The summed E-state index contributed by atoms with van der Waals surface area (Å²) in [6.45, 7) is 6.57. The van der Waals surface area contributed by atoms with Gasteiger partial charge in [-0.15, -0.1) is 0 Å². The minimum Gasteiger partial charge on any atom is -0.421 e. The first-order chi connectivity index (χ1) is 10.8. The van der Waals surface area contributed by atoms with Gasteiger partial charge in [0.15, 0.2) is 0 Å². The van der Waals surface area contributed by atoms with E-state index in [1.165, 1.54) is 13.3 Å². The fourth-order valence-corrected chi connectivity index (χ4v) is 4.84. The molecule has 0 saturated heterocycles. The first-order valence-corrected chi connectivity index (χ1v) is 8.40. The second-order valence-electron chi connectivity index (χ2n) is 7.55. The second-order valence-corrected chi connectivity index (χ2v) is 7.55. The van der Waals surface area contributed by atoms with Crippen molar-refractivity contribution in [1.82, 2.24) is 0 Å². The van der Waals surface area contributed by atoms with Crippen molar-refractivity contribution in [3.05, 3.63) is 12.2 Å². The predicted molar refractivity (Wildman–Crippen MR) is 82.1 cm³/mol. The highest BCUT2D eigenvalue weighted by Crippen LogP contribution is 2.60. The molecule has 0 amide bonds. The van der Waals surface area contributed by atoms with Crippen LogP contribution < -0.4 is 0 Å². The number of esters is 2. The highest BCUT2D eigenvalue weighted by molar-refractivity contribution is 5.94. The van der Waals surface area contributed by atoms with Crippen LogP contribution in [0.4, 0.5) is 0 Å². The summed E-state index contributed by atoms with van der Waals surface area (Å²) in [4.78, 5) is 35.5. The molecule has 23 heavy (non-hydrogen) atoms. The topological polar surface area (TPSA) is 69.7 Å². The van der Waals surface area contributed by atoms with Gasteiger partial charge < -0.3 is 9.47 Å². The molecule has 0 N–H and O–H groups in total. The van der Waals surface area contributed by atoms with Crippen molar-refractivity contribution < 1.29 is 23.9 Å². The molecule has 0 atom stereocenters. The molecule has 0 aliphatic heterocycles. The van der Waals surface area contributed by atoms with Crippen molar-refractivity contribution in [1.29, 1.82) is 0 Å². The van der Waals surface area contributed by atoms with Gasteiger partial charge in [0, 0.05) is 17.4 Å². The van der Waals surface area contributed by atoms with E-state index in [1.54, 1.807) is 6.92 Å². The maximum Gasteiger partial charge on any atom is 0.336 e. The van der Waals surface area contributed by atoms with E-state index in [0.29, 0.717) is 17.4 Å². The molecule has 4 aliphatic rings. The largest absolute Gasteiger partial charge is 0.421 e. The summed E-state index contributed by atoms with van der Waals surface area (Å²) in [6.07, 6.45) is 4.64. The third-order valence-corrected chi connectivity index (χ3v) is 5.54. The molecule has 4 saturated carbocycles. The average molecular weight is 320 g/mol. The first-order valence-electron chi connectivity index (χ1n) is 8.40. The van der Waals surface area contributed by atoms with E-state index in [9.17, 15) is 14.4 Å². The van der Waals surface area contributed by atoms with Crippen LogP contribution in [0.1, 0.15) is 52.4 Å². The second kappa shape index (κ2) is 5.77. The number of hydrogen-bond donors (Lipinski definition) is 0. The van der Waals surface area contributed by atoms with Crippen molar-refractivity contribution in [3.8, 4) is 0 Å². The van der Waals surface area contributed by atoms with Crippen LogP contribution in [0.5, 0.6) is 0 Å². The summed E-state index contributed by atoms with van der Waals surface area (Å²) in [5.41, 5.74) is 0.292. The van der Waals surface area contributed by atoms with Gasteiger partial charge in [0.2, 0.25) is 0 Å². The number of ether oxygens (including phenoxy) is 2. The van der Waals surface area contributed by atoms with Gasteiger partial charge >= 0.3 is 11.9 Å². The van der Waals surface area contributed by atoms with Gasteiger partial charge in [0.25, 0.3) is 5.79 Å². The third kappa shape index (κ3) is 2.93. The molecule has 4 aliphatic carbocycles. The van der Waals surface area contributed by atoms with E-state index in [0.717, 1.165) is 25.7 Å². The van der Waals surface area contributed by atoms with Gasteiger partial charge in [-0.1, -0.05) is 6.58 Å². The van der Waals surface area contributed by atoms with Crippen LogP contribution in [0.3, 0.4) is 0 Å². The first kappa shape index (κ1) is 16.2. The van der Waals surface area contributed by atoms with E-state index in [2.05, 4.69) is 6.58 Å².